The van der Waals surface area contributed by atoms with Gasteiger partial charge in [0.15, 0.2) is 0 Å². The van der Waals surface area contributed by atoms with Crippen LogP contribution in [-0.4, -0.2) is 0 Å². The maximum Gasteiger partial charge on any atom is 0.0713 e. The van der Waals surface area contributed by atoms with Crippen molar-refractivity contribution >= 4 is 27.8 Å². The number of rotatable bonds is 5. The molecule has 2 aliphatic carbocycles. The largest absolute Gasteiger partial charge is 0.310 e. The summed E-state index contributed by atoms with van der Waals surface area (Å²) in [6, 6.07) is 69.6. The molecule has 0 saturated carbocycles. The Kier molecular flexibility index (Phi) is 6.51. The Bertz CT molecular complexity index is 2560. The Morgan fingerprint density at radius 1 is 0.392 bits per heavy atom. The molecule has 242 valence electrons. The summed E-state index contributed by atoms with van der Waals surface area (Å²) in [4.78, 5) is 2.53. The van der Waals surface area contributed by atoms with E-state index in [1.54, 1.807) is 0 Å². The number of fused-ring (bicyclic) bond motifs is 7. The zero-order chi connectivity index (χ0) is 34.2. The van der Waals surface area contributed by atoms with Crippen molar-refractivity contribution in [1.29, 1.82) is 0 Å². The first-order valence-corrected chi connectivity index (χ1v) is 18.0. The topological polar surface area (TPSA) is 3.24 Å². The molecule has 0 radical (unpaired) electrons. The number of benzene rings is 8. The minimum absolute atomic E-state index is 0.197. The standard InChI is InChI=1S/C50H37N/c1-49(2)44-28-16-14-27-41(44)43-32-34-18-12-13-25-39(34)48(47(43)49)51(37-23-10-5-11-24-37)38-30-31-46-42(33-38)40-26-15-17-29-45(40)50(46,35-19-6-3-7-20-35)36-21-8-4-9-22-36/h3-33H,1-2H3. The minimum Gasteiger partial charge on any atom is -0.310 e. The van der Waals surface area contributed by atoms with E-state index in [4.69, 9.17) is 0 Å². The van der Waals surface area contributed by atoms with Gasteiger partial charge in [0.25, 0.3) is 0 Å². The van der Waals surface area contributed by atoms with E-state index in [2.05, 4.69) is 207 Å². The molecule has 2 aliphatic rings. The van der Waals surface area contributed by atoms with Crippen LogP contribution in [0.15, 0.2) is 188 Å². The van der Waals surface area contributed by atoms with Crippen LogP contribution in [-0.2, 0) is 10.8 Å². The predicted octanol–water partition coefficient (Wildman–Crippen LogP) is 13.0. The van der Waals surface area contributed by atoms with Crippen LogP contribution in [0.25, 0.3) is 33.0 Å². The molecule has 1 heteroatoms. The highest BCUT2D eigenvalue weighted by Crippen LogP contribution is 2.59. The van der Waals surface area contributed by atoms with E-state index in [9.17, 15) is 0 Å². The van der Waals surface area contributed by atoms with E-state index >= 15 is 0 Å². The van der Waals surface area contributed by atoms with Gasteiger partial charge in [0.05, 0.1) is 11.1 Å². The summed E-state index contributed by atoms with van der Waals surface area (Å²) in [6.07, 6.45) is 0. The molecule has 51 heavy (non-hydrogen) atoms. The highest BCUT2D eigenvalue weighted by atomic mass is 15.1. The van der Waals surface area contributed by atoms with Crippen molar-refractivity contribution < 1.29 is 0 Å². The van der Waals surface area contributed by atoms with Crippen LogP contribution in [0, 0.1) is 0 Å². The van der Waals surface area contributed by atoms with Crippen molar-refractivity contribution in [2.45, 2.75) is 24.7 Å². The van der Waals surface area contributed by atoms with Crippen molar-refractivity contribution in [2.75, 3.05) is 4.90 Å². The second-order valence-corrected chi connectivity index (χ2v) is 14.5. The Labute approximate surface area is 300 Å². The summed E-state index contributed by atoms with van der Waals surface area (Å²) in [7, 11) is 0. The normalized spacial score (nSPS) is 14.4. The summed E-state index contributed by atoms with van der Waals surface area (Å²) in [6.45, 7) is 4.79. The molecule has 0 atom stereocenters. The number of hydrogen-bond acceptors (Lipinski definition) is 1. The molecule has 8 aromatic carbocycles. The average molecular weight is 652 g/mol. The molecular formula is C50H37N. The van der Waals surface area contributed by atoms with E-state index in [-0.39, 0.29) is 5.41 Å². The number of para-hydroxylation sites is 1. The number of nitrogens with zero attached hydrogens (tertiary/aromatic N) is 1. The Balaban J connectivity index is 1.30. The lowest BCUT2D eigenvalue weighted by Crippen LogP contribution is -2.28. The van der Waals surface area contributed by atoms with Gasteiger partial charge in [-0.3, -0.25) is 0 Å². The van der Waals surface area contributed by atoms with Crippen molar-refractivity contribution in [2.24, 2.45) is 0 Å². The lowest BCUT2D eigenvalue weighted by molar-refractivity contribution is 0.661. The lowest BCUT2D eigenvalue weighted by atomic mass is 9.68. The fraction of sp³-hybridized carbons (Fsp3) is 0.0800. The molecule has 0 N–H and O–H groups in total. The summed E-state index contributed by atoms with van der Waals surface area (Å²) in [5.41, 5.74) is 16.1. The van der Waals surface area contributed by atoms with Gasteiger partial charge in [-0.1, -0.05) is 172 Å². The molecule has 0 amide bonds. The third-order valence-corrected chi connectivity index (χ3v) is 11.5. The zero-order valence-corrected chi connectivity index (χ0v) is 28.8. The van der Waals surface area contributed by atoms with Crippen LogP contribution in [0.4, 0.5) is 17.1 Å². The van der Waals surface area contributed by atoms with Gasteiger partial charge in [0.1, 0.15) is 0 Å². The molecule has 0 unspecified atom stereocenters. The monoisotopic (exact) mass is 651 g/mol. The molecule has 10 rings (SSSR count). The third kappa shape index (κ3) is 4.15. The van der Waals surface area contributed by atoms with Crippen molar-refractivity contribution in [3.05, 3.63) is 221 Å². The van der Waals surface area contributed by atoms with Gasteiger partial charge in [-0.05, 0) is 91.4 Å². The van der Waals surface area contributed by atoms with E-state index in [0.717, 1.165) is 11.4 Å². The van der Waals surface area contributed by atoms with Crippen molar-refractivity contribution in [3.63, 3.8) is 0 Å². The second-order valence-electron chi connectivity index (χ2n) is 14.5. The zero-order valence-electron chi connectivity index (χ0n) is 28.8. The fourth-order valence-electron chi connectivity index (χ4n) is 9.36. The highest BCUT2D eigenvalue weighted by Gasteiger charge is 2.46. The first-order chi connectivity index (χ1) is 25.1. The van der Waals surface area contributed by atoms with Crippen LogP contribution in [0.2, 0.25) is 0 Å². The van der Waals surface area contributed by atoms with Gasteiger partial charge < -0.3 is 4.90 Å². The van der Waals surface area contributed by atoms with Gasteiger partial charge in [-0.2, -0.15) is 0 Å². The van der Waals surface area contributed by atoms with E-state index in [1.807, 2.05) is 0 Å². The Morgan fingerprint density at radius 3 is 1.61 bits per heavy atom. The predicted molar refractivity (Wildman–Crippen MR) is 213 cm³/mol. The maximum atomic E-state index is 2.53. The first-order valence-electron chi connectivity index (χ1n) is 18.0. The Hall–Kier alpha value is -6.18. The Morgan fingerprint density at radius 2 is 0.922 bits per heavy atom. The molecule has 0 saturated heterocycles. The summed E-state index contributed by atoms with van der Waals surface area (Å²) < 4.78 is 0. The molecule has 1 nitrogen and oxygen atoms in total. The van der Waals surface area contributed by atoms with E-state index in [0.29, 0.717) is 0 Å². The lowest BCUT2D eigenvalue weighted by Gasteiger charge is -2.35. The van der Waals surface area contributed by atoms with Gasteiger partial charge in [0.2, 0.25) is 0 Å². The molecular weight excluding hydrogens is 615 g/mol. The van der Waals surface area contributed by atoms with Crippen LogP contribution in [0.3, 0.4) is 0 Å². The smallest absolute Gasteiger partial charge is 0.0713 e. The summed E-state index contributed by atoms with van der Waals surface area (Å²) >= 11 is 0. The molecule has 0 heterocycles. The average Bonchev–Trinajstić information content (AvgIpc) is 3.61. The minimum atomic E-state index is -0.436. The molecule has 0 spiro atoms. The second kappa shape index (κ2) is 11.2. The molecule has 8 aromatic rings. The van der Waals surface area contributed by atoms with Crippen LogP contribution >= 0.6 is 0 Å². The van der Waals surface area contributed by atoms with Crippen molar-refractivity contribution in [3.8, 4) is 22.3 Å². The number of hydrogen-bond donors (Lipinski definition) is 0. The van der Waals surface area contributed by atoms with Crippen molar-refractivity contribution in [1.82, 2.24) is 0 Å². The van der Waals surface area contributed by atoms with Crippen LogP contribution < -0.4 is 4.90 Å². The molecule has 0 bridgehead atoms. The quantitative estimate of drug-likeness (QED) is 0.179. The van der Waals surface area contributed by atoms with Gasteiger partial charge in [0, 0.05) is 22.2 Å². The highest BCUT2D eigenvalue weighted by molar-refractivity contribution is 6.07. The molecule has 0 aliphatic heterocycles. The number of anilines is 3. The first kappa shape index (κ1) is 29.7. The summed E-state index contributed by atoms with van der Waals surface area (Å²) in [5.74, 6) is 0. The molecule has 0 fully saturated rings. The summed E-state index contributed by atoms with van der Waals surface area (Å²) in [5, 5.41) is 2.50. The van der Waals surface area contributed by atoms with Crippen LogP contribution in [0.1, 0.15) is 47.2 Å². The van der Waals surface area contributed by atoms with Gasteiger partial charge in [-0.25, -0.2) is 0 Å². The fourth-order valence-corrected chi connectivity index (χ4v) is 9.36. The van der Waals surface area contributed by atoms with Gasteiger partial charge >= 0.3 is 0 Å². The van der Waals surface area contributed by atoms with E-state index < -0.39 is 5.41 Å². The van der Waals surface area contributed by atoms with Crippen LogP contribution in [0.5, 0.6) is 0 Å². The SMILES string of the molecule is CC1(C)c2ccccc2-c2cc3ccccc3c(N(c3ccccc3)c3ccc4c(c3)-c3ccccc3C4(c3ccccc3)c3ccccc3)c21. The third-order valence-electron chi connectivity index (χ3n) is 11.5. The van der Waals surface area contributed by atoms with E-state index in [1.165, 1.54) is 72.1 Å². The van der Waals surface area contributed by atoms with Gasteiger partial charge in [-0.15, -0.1) is 0 Å². The molecule has 0 aromatic heterocycles. The maximum absolute atomic E-state index is 2.53.